The molecule has 0 atom stereocenters. The summed E-state index contributed by atoms with van der Waals surface area (Å²) < 4.78 is 0. The molecule has 2 N–H and O–H groups in total. The molecule has 6 nitrogen and oxygen atoms in total. The molecule has 3 amide bonds. The number of urea groups is 1. The highest BCUT2D eigenvalue weighted by molar-refractivity contribution is 6.08. The third kappa shape index (κ3) is 3.18. The molecule has 0 aliphatic rings. The van der Waals surface area contributed by atoms with Crippen molar-refractivity contribution in [3.05, 3.63) is 30.1 Å². The van der Waals surface area contributed by atoms with E-state index in [1.807, 2.05) is 0 Å². The fraction of sp³-hybridized carbons (Fsp3) is 0.111. The summed E-state index contributed by atoms with van der Waals surface area (Å²) in [6.45, 7) is 0. The van der Waals surface area contributed by atoms with Crippen LogP contribution in [0.15, 0.2) is 29.4 Å². The van der Waals surface area contributed by atoms with Crippen LogP contribution in [0.4, 0.5) is 4.79 Å². The number of hydrogen-bond donors (Lipinski definition) is 2. The van der Waals surface area contributed by atoms with Crippen molar-refractivity contribution in [3.63, 3.8) is 0 Å². The summed E-state index contributed by atoms with van der Waals surface area (Å²) >= 11 is 0. The SMILES string of the molecule is CNC(=O)N/C(=N\C=O)c1ccccn1. The van der Waals surface area contributed by atoms with Crippen LogP contribution in [0.5, 0.6) is 0 Å². The Hall–Kier alpha value is -2.24. The molecule has 0 fully saturated rings. The first-order valence-corrected chi connectivity index (χ1v) is 4.19. The van der Waals surface area contributed by atoms with Gasteiger partial charge in [0, 0.05) is 13.2 Å². The van der Waals surface area contributed by atoms with Gasteiger partial charge in [0.1, 0.15) is 5.69 Å². The summed E-state index contributed by atoms with van der Waals surface area (Å²) in [5, 5.41) is 4.74. The summed E-state index contributed by atoms with van der Waals surface area (Å²) in [4.78, 5) is 28.7. The minimum absolute atomic E-state index is 0.116. The molecular formula is C9H10N4O2. The summed E-state index contributed by atoms with van der Waals surface area (Å²) in [7, 11) is 1.46. The molecule has 15 heavy (non-hydrogen) atoms. The Kier molecular flexibility index (Phi) is 3.96. The van der Waals surface area contributed by atoms with Crippen LogP contribution in [-0.2, 0) is 4.79 Å². The summed E-state index contributed by atoms with van der Waals surface area (Å²) in [5.74, 6) is 0.116. The average Bonchev–Trinajstić information content (AvgIpc) is 2.29. The van der Waals surface area contributed by atoms with Gasteiger partial charge in [-0.15, -0.1) is 0 Å². The second-order valence-corrected chi connectivity index (χ2v) is 2.50. The van der Waals surface area contributed by atoms with Crippen molar-refractivity contribution in [1.29, 1.82) is 0 Å². The number of aliphatic imine (C=N–C) groups is 1. The van der Waals surface area contributed by atoms with Gasteiger partial charge in [-0.2, -0.15) is 4.99 Å². The topological polar surface area (TPSA) is 83.5 Å². The summed E-state index contributed by atoms with van der Waals surface area (Å²) in [6.07, 6.45) is 1.89. The molecule has 78 valence electrons. The van der Waals surface area contributed by atoms with Crippen LogP contribution in [-0.4, -0.2) is 30.3 Å². The molecule has 1 rings (SSSR count). The van der Waals surface area contributed by atoms with Crippen LogP contribution in [0.3, 0.4) is 0 Å². The van der Waals surface area contributed by atoms with Gasteiger partial charge in [0.2, 0.25) is 6.41 Å². The monoisotopic (exact) mass is 206 g/mol. The third-order valence-corrected chi connectivity index (χ3v) is 1.55. The number of amides is 3. The summed E-state index contributed by atoms with van der Waals surface area (Å²) in [6, 6.07) is 4.63. The molecular weight excluding hydrogens is 196 g/mol. The van der Waals surface area contributed by atoms with Gasteiger partial charge in [-0.05, 0) is 12.1 Å². The van der Waals surface area contributed by atoms with E-state index in [1.165, 1.54) is 7.05 Å². The molecule has 0 unspecified atom stereocenters. The molecule has 0 aliphatic carbocycles. The first-order chi connectivity index (χ1) is 7.27. The van der Waals surface area contributed by atoms with E-state index in [0.717, 1.165) is 0 Å². The lowest BCUT2D eigenvalue weighted by Gasteiger charge is -2.05. The number of carbonyl (C=O) groups is 2. The molecule has 0 aliphatic heterocycles. The number of hydrogen-bond acceptors (Lipinski definition) is 3. The Morgan fingerprint density at radius 2 is 2.33 bits per heavy atom. The van der Waals surface area contributed by atoms with Crippen molar-refractivity contribution in [1.82, 2.24) is 15.6 Å². The zero-order chi connectivity index (χ0) is 11.1. The maximum atomic E-state index is 11.0. The highest BCUT2D eigenvalue weighted by Gasteiger charge is 2.07. The number of amidine groups is 1. The van der Waals surface area contributed by atoms with Gasteiger partial charge >= 0.3 is 6.03 Å². The minimum Gasteiger partial charge on any atom is -0.341 e. The predicted molar refractivity (Wildman–Crippen MR) is 54.4 cm³/mol. The molecule has 1 heterocycles. The van der Waals surface area contributed by atoms with Gasteiger partial charge in [0.25, 0.3) is 0 Å². The van der Waals surface area contributed by atoms with E-state index in [1.54, 1.807) is 24.4 Å². The lowest BCUT2D eigenvalue weighted by molar-refractivity contribution is -0.106. The van der Waals surface area contributed by atoms with Gasteiger partial charge in [-0.3, -0.25) is 15.1 Å². The standard InChI is InChI=1S/C9H10N4O2/c1-10-9(15)13-8(12-6-14)7-4-2-3-5-11-7/h2-6H,1H3,(H2,10,12,13,14,15). The van der Waals surface area contributed by atoms with Gasteiger partial charge in [-0.1, -0.05) is 6.07 Å². The van der Waals surface area contributed by atoms with E-state index >= 15 is 0 Å². The third-order valence-electron chi connectivity index (χ3n) is 1.55. The number of nitrogens with zero attached hydrogens (tertiary/aromatic N) is 2. The van der Waals surface area contributed by atoms with Gasteiger partial charge in [0.05, 0.1) is 0 Å². The van der Waals surface area contributed by atoms with E-state index < -0.39 is 6.03 Å². The van der Waals surface area contributed by atoms with Crippen LogP contribution in [0.25, 0.3) is 0 Å². The first-order valence-electron chi connectivity index (χ1n) is 4.19. The Morgan fingerprint density at radius 3 is 2.87 bits per heavy atom. The van der Waals surface area contributed by atoms with Crippen LogP contribution in [0, 0.1) is 0 Å². The molecule has 0 radical (unpaired) electrons. The van der Waals surface area contributed by atoms with Gasteiger partial charge < -0.3 is 5.32 Å². The second kappa shape index (κ2) is 5.48. The quantitative estimate of drug-likeness (QED) is 0.403. The van der Waals surface area contributed by atoms with E-state index in [9.17, 15) is 9.59 Å². The van der Waals surface area contributed by atoms with E-state index in [0.29, 0.717) is 12.1 Å². The largest absolute Gasteiger partial charge is 0.341 e. The van der Waals surface area contributed by atoms with Gasteiger partial charge in [-0.25, -0.2) is 4.79 Å². The Bertz CT molecular complexity index is 375. The lowest BCUT2D eigenvalue weighted by Crippen LogP contribution is -2.38. The minimum atomic E-state index is -0.457. The van der Waals surface area contributed by atoms with Crippen molar-refractivity contribution < 1.29 is 9.59 Å². The number of nitrogens with one attached hydrogen (secondary N) is 2. The molecule has 0 saturated heterocycles. The van der Waals surface area contributed by atoms with Crippen LogP contribution in [0.2, 0.25) is 0 Å². The van der Waals surface area contributed by atoms with E-state index in [4.69, 9.17) is 0 Å². The van der Waals surface area contributed by atoms with E-state index in [-0.39, 0.29) is 5.84 Å². The summed E-state index contributed by atoms with van der Waals surface area (Å²) in [5.41, 5.74) is 0.424. The van der Waals surface area contributed by atoms with Crippen LogP contribution >= 0.6 is 0 Å². The number of carbonyl (C=O) groups excluding carboxylic acids is 2. The van der Waals surface area contributed by atoms with Crippen LogP contribution < -0.4 is 10.6 Å². The molecule has 0 saturated carbocycles. The average molecular weight is 206 g/mol. The highest BCUT2D eigenvalue weighted by atomic mass is 16.2. The molecule has 1 aromatic heterocycles. The zero-order valence-corrected chi connectivity index (χ0v) is 8.10. The smallest absolute Gasteiger partial charge is 0.320 e. The molecule has 0 bridgehead atoms. The number of rotatable bonds is 2. The lowest BCUT2D eigenvalue weighted by atomic mass is 10.3. The predicted octanol–water partition coefficient (Wildman–Crippen LogP) is -0.0864. The molecule has 6 heteroatoms. The number of aromatic nitrogens is 1. The fourth-order valence-electron chi connectivity index (χ4n) is 0.888. The normalized spacial score (nSPS) is 10.6. The highest BCUT2D eigenvalue weighted by Crippen LogP contribution is 1.94. The number of pyridine rings is 1. The maximum absolute atomic E-state index is 11.0. The Balaban J connectivity index is 2.89. The zero-order valence-electron chi connectivity index (χ0n) is 8.10. The van der Waals surface area contributed by atoms with Crippen molar-refractivity contribution in [2.45, 2.75) is 0 Å². The second-order valence-electron chi connectivity index (χ2n) is 2.50. The van der Waals surface area contributed by atoms with E-state index in [2.05, 4.69) is 20.6 Å². The van der Waals surface area contributed by atoms with Crippen molar-refractivity contribution in [2.24, 2.45) is 4.99 Å². The molecule has 0 spiro atoms. The van der Waals surface area contributed by atoms with Crippen molar-refractivity contribution in [3.8, 4) is 0 Å². The van der Waals surface area contributed by atoms with Gasteiger partial charge in [0.15, 0.2) is 5.84 Å². The first kappa shape index (κ1) is 10.8. The van der Waals surface area contributed by atoms with Crippen LogP contribution in [0.1, 0.15) is 5.69 Å². The molecule has 1 aromatic rings. The van der Waals surface area contributed by atoms with Crippen molar-refractivity contribution >= 4 is 18.3 Å². The Morgan fingerprint density at radius 1 is 1.53 bits per heavy atom. The fourth-order valence-corrected chi connectivity index (χ4v) is 0.888. The Labute approximate surface area is 86.4 Å². The molecule has 0 aromatic carbocycles. The van der Waals surface area contributed by atoms with Crippen molar-refractivity contribution in [2.75, 3.05) is 7.05 Å². The maximum Gasteiger partial charge on any atom is 0.320 e.